The summed E-state index contributed by atoms with van der Waals surface area (Å²) in [6, 6.07) is 3.71. The van der Waals surface area contributed by atoms with Gasteiger partial charge in [-0.2, -0.15) is 10.4 Å². The molecule has 0 atom stereocenters. The van der Waals surface area contributed by atoms with Crippen LogP contribution in [0.3, 0.4) is 0 Å². The van der Waals surface area contributed by atoms with Crippen molar-refractivity contribution in [2.24, 2.45) is 0 Å². The number of rotatable bonds is 1. The van der Waals surface area contributed by atoms with Crippen LogP contribution in [0.5, 0.6) is 0 Å². The van der Waals surface area contributed by atoms with Gasteiger partial charge in [-0.05, 0) is 6.07 Å². The van der Waals surface area contributed by atoms with Crippen LogP contribution in [-0.2, 0) is 0 Å². The van der Waals surface area contributed by atoms with Crippen LogP contribution in [0, 0.1) is 11.3 Å². The van der Waals surface area contributed by atoms with Gasteiger partial charge in [-0.15, -0.1) is 0 Å². The minimum atomic E-state index is 0.447. The molecule has 2 rings (SSSR count). The summed E-state index contributed by atoms with van der Waals surface area (Å²) in [4.78, 5) is 7.97. The molecule has 5 heteroatoms. The van der Waals surface area contributed by atoms with E-state index in [-0.39, 0.29) is 0 Å². The molecule has 0 aromatic carbocycles. The third-order valence-electron chi connectivity index (χ3n) is 1.52. The Labute approximate surface area is 74.1 Å². The van der Waals surface area contributed by atoms with E-state index in [1.54, 1.807) is 12.3 Å². The number of hydrogen-bond acceptors (Lipinski definition) is 4. The summed E-state index contributed by atoms with van der Waals surface area (Å²) in [5.41, 5.74) is 1.19. The quantitative estimate of drug-likeness (QED) is 0.686. The average molecular weight is 171 g/mol. The molecule has 0 aliphatic heterocycles. The SMILES string of the molecule is N#Cc1cnc(-c2ccn[nH]2)nc1. The summed E-state index contributed by atoms with van der Waals surface area (Å²) < 4.78 is 0. The second kappa shape index (κ2) is 3.03. The van der Waals surface area contributed by atoms with Crippen molar-refractivity contribution in [1.29, 1.82) is 5.26 Å². The Hall–Kier alpha value is -2.22. The number of nitrogens with one attached hydrogen (secondary N) is 1. The molecule has 0 unspecified atom stereocenters. The summed E-state index contributed by atoms with van der Waals surface area (Å²) in [5.74, 6) is 0.538. The lowest BCUT2D eigenvalue weighted by Crippen LogP contribution is -1.89. The zero-order valence-corrected chi connectivity index (χ0v) is 6.60. The molecular formula is C8H5N5. The standard InChI is InChI=1S/C8H5N5/c9-3-6-4-10-8(11-5-6)7-1-2-12-13-7/h1-2,4-5H,(H,12,13). The maximum absolute atomic E-state index is 8.51. The maximum atomic E-state index is 8.51. The van der Waals surface area contributed by atoms with Crippen LogP contribution in [-0.4, -0.2) is 20.2 Å². The molecule has 0 spiro atoms. The first-order valence-corrected chi connectivity index (χ1v) is 3.62. The number of aromatic amines is 1. The lowest BCUT2D eigenvalue weighted by atomic mass is 10.3. The van der Waals surface area contributed by atoms with Gasteiger partial charge in [-0.1, -0.05) is 0 Å². The molecule has 0 amide bonds. The van der Waals surface area contributed by atoms with E-state index in [1.807, 2.05) is 6.07 Å². The van der Waals surface area contributed by atoms with Gasteiger partial charge in [-0.3, -0.25) is 5.10 Å². The van der Waals surface area contributed by atoms with Gasteiger partial charge >= 0.3 is 0 Å². The summed E-state index contributed by atoms with van der Waals surface area (Å²) in [6.07, 6.45) is 4.57. The van der Waals surface area contributed by atoms with Crippen molar-refractivity contribution in [3.8, 4) is 17.6 Å². The first-order chi connectivity index (χ1) is 6.40. The molecular weight excluding hydrogens is 166 g/mol. The predicted molar refractivity (Wildman–Crippen MR) is 44.3 cm³/mol. The summed E-state index contributed by atoms with van der Waals surface area (Å²) >= 11 is 0. The van der Waals surface area contributed by atoms with E-state index in [1.165, 1.54) is 12.4 Å². The highest BCUT2D eigenvalue weighted by atomic mass is 15.1. The number of nitrogens with zero attached hydrogens (tertiary/aromatic N) is 4. The first kappa shape index (κ1) is 7.43. The van der Waals surface area contributed by atoms with Crippen LogP contribution in [0.1, 0.15) is 5.56 Å². The third kappa shape index (κ3) is 1.37. The molecule has 0 aliphatic carbocycles. The Bertz CT molecular complexity index is 423. The van der Waals surface area contributed by atoms with Crippen molar-refractivity contribution in [2.45, 2.75) is 0 Å². The number of H-pyrrole nitrogens is 1. The van der Waals surface area contributed by atoms with Gasteiger partial charge < -0.3 is 0 Å². The Morgan fingerprint density at radius 1 is 1.31 bits per heavy atom. The monoisotopic (exact) mass is 171 g/mol. The van der Waals surface area contributed by atoms with E-state index in [4.69, 9.17) is 5.26 Å². The molecule has 0 saturated heterocycles. The molecule has 5 nitrogen and oxygen atoms in total. The van der Waals surface area contributed by atoms with Crippen molar-refractivity contribution in [2.75, 3.05) is 0 Å². The first-order valence-electron chi connectivity index (χ1n) is 3.62. The molecule has 1 N–H and O–H groups in total. The van der Waals surface area contributed by atoms with Crippen LogP contribution in [0.25, 0.3) is 11.5 Å². The molecule has 0 fully saturated rings. The topological polar surface area (TPSA) is 78.2 Å². The van der Waals surface area contributed by atoms with E-state index in [9.17, 15) is 0 Å². The van der Waals surface area contributed by atoms with Crippen LogP contribution >= 0.6 is 0 Å². The smallest absolute Gasteiger partial charge is 0.177 e. The highest BCUT2D eigenvalue weighted by Gasteiger charge is 2.00. The molecule has 0 bridgehead atoms. The summed E-state index contributed by atoms with van der Waals surface area (Å²) in [7, 11) is 0. The fourth-order valence-corrected chi connectivity index (χ4v) is 0.905. The van der Waals surface area contributed by atoms with E-state index >= 15 is 0 Å². The van der Waals surface area contributed by atoms with E-state index in [0.29, 0.717) is 11.4 Å². The Morgan fingerprint density at radius 3 is 2.62 bits per heavy atom. The fraction of sp³-hybridized carbons (Fsp3) is 0. The highest BCUT2D eigenvalue weighted by molar-refractivity contribution is 5.47. The van der Waals surface area contributed by atoms with E-state index in [2.05, 4.69) is 20.2 Å². The molecule has 2 heterocycles. The van der Waals surface area contributed by atoms with Gasteiger partial charge in [0.25, 0.3) is 0 Å². The van der Waals surface area contributed by atoms with E-state index in [0.717, 1.165) is 5.69 Å². The lowest BCUT2D eigenvalue weighted by Gasteiger charge is -1.93. The number of aromatic nitrogens is 4. The van der Waals surface area contributed by atoms with Crippen LogP contribution < -0.4 is 0 Å². The molecule has 13 heavy (non-hydrogen) atoms. The average Bonchev–Trinajstić information content (AvgIpc) is 2.71. The zero-order chi connectivity index (χ0) is 9.10. The second-order valence-corrected chi connectivity index (χ2v) is 2.38. The summed E-state index contributed by atoms with van der Waals surface area (Å²) in [5, 5.41) is 15.0. The largest absolute Gasteiger partial charge is 0.275 e. The van der Waals surface area contributed by atoms with Crippen molar-refractivity contribution in [3.05, 3.63) is 30.2 Å². The normalized spacial score (nSPS) is 9.46. The highest BCUT2D eigenvalue weighted by Crippen LogP contribution is 2.08. The zero-order valence-electron chi connectivity index (χ0n) is 6.60. The van der Waals surface area contributed by atoms with Crippen LogP contribution in [0.2, 0.25) is 0 Å². The Kier molecular flexibility index (Phi) is 1.73. The van der Waals surface area contributed by atoms with Crippen molar-refractivity contribution >= 4 is 0 Å². The minimum absolute atomic E-state index is 0.447. The number of hydrogen-bond donors (Lipinski definition) is 1. The van der Waals surface area contributed by atoms with E-state index < -0.39 is 0 Å². The van der Waals surface area contributed by atoms with Gasteiger partial charge in [0.2, 0.25) is 0 Å². The predicted octanol–water partition coefficient (Wildman–Crippen LogP) is 0.738. The van der Waals surface area contributed by atoms with Crippen molar-refractivity contribution in [3.63, 3.8) is 0 Å². The fourth-order valence-electron chi connectivity index (χ4n) is 0.905. The molecule has 0 saturated carbocycles. The van der Waals surface area contributed by atoms with Gasteiger partial charge in [0.15, 0.2) is 5.82 Å². The molecule has 2 aromatic heterocycles. The van der Waals surface area contributed by atoms with Gasteiger partial charge in [-0.25, -0.2) is 9.97 Å². The summed E-state index contributed by atoms with van der Waals surface area (Å²) in [6.45, 7) is 0. The van der Waals surface area contributed by atoms with Crippen LogP contribution in [0.15, 0.2) is 24.7 Å². The molecule has 0 aliphatic rings. The lowest BCUT2D eigenvalue weighted by molar-refractivity contribution is 1.06. The number of nitriles is 1. The second-order valence-electron chi connectivity index (χ2n) is 2.38. The minimum Gasteiger partial charge on any atom is -0.275 e. The van der Waals surface area contributed by atoms with Crippen molar-refractivity contribution < 1.29 is 0 Å². The molecule has 0 radical (unpaired) electrons. The third-order valence-corrected chi connectivity index (χ3v) is 1.52. The van der Waals surface area contributed by atoms with Gasteiger partial charge in [0.1, 0.15) is 11.8 Å². The Balaban J connectivity index is 2.40. The van der Waals surface area contributed by atoms with Crippen LogP contribution in [0.4, 0.5) is 0 Å². The van der Waals surface area contributed by atoms with Crippen molar-refractivity contribution in [1.82, 2.24) is 20.2 Å². The van der Waals surface area contributed by atoms with Gasteiger partial charge in [0, 0.05) is 18.6 Å². The maximum Gasteiger partial charge on any atom is 0.177 e. The molecule has 2 aromatic rings. The molecule has 62 valence electrons. The van der Waals surface area contributed by atoms with Gasteiger partial charge in [0.05, 0.1) is 5.56 Å². The Morgan fingerprint density at radius 2 is 2.08 bits per heavy atom.